The van der Waals surface area contributed by atoms with Crippen LogP contribution in [0.3, 0.4) is 0 Å². The molecule has 0 amide bonds. The Balaban J connectivity index is 1.59. The summed E-state index contributed by atoms with van der Waals surface area (Å²) < 4.78 is 5.62. The summed E-state index contributed by atoms with van der Waals surface area (Å²) in [5.41, 5.74) is 6.07. The highest BCUT2D eigenvalue weighted by molar-refractivity contribution is 5.94. The Morgan fingerprint density at radius 1 is 0.639 bits per heavy atom. The van der Waals surface area contributed by atoms with E-state index in [0.717, 1.165) is 46.8 Å². The van der Waals surface area contributed by atoms with Crippen LogP contribution in [0.5, 0.6) is 0 Å². The van der Waals surface area contributed by atoms with E-state index in [2.05, 4.69) is 65.6 Å². The molecule has 6 nitrogen and oxygen atoms in total. The first-order chi connectivity index (χ1) is 17.8. The summed E-state index contributed by atoms with van der Waals surface area (Å²) in [6.45, 7) is 2.89. The third-order valence-electron chi connectivity index (χ3n) is 6.52. The molecule has 6 heteroatoms. The van der Waals surface area contributed by atoms with Gasteiger partial charge in [-0.05, 0) is 11.1 Å². The number of aromatic nitrogens is 4. The number of ether oxygens (including phenoxy) is 1. The zero-order valence-corrected chi connectivity index (χ0v) is 20.0. The van der Waals surface area contributed by atoms with Gasteiger partial charge in [-0.15, -0.1) is 5.10 Å². The van der Waals surface area contributed by atoms with E-state index in [1.807, 2.05) is 30.3 Å². The summed E-state index contributed by atoms with van der Waals surface area (Å²) in [4.78, 5) is 12.5. The van der Waals surface area contributed by atoms with Crippen LogP contribution in [0.25, 0.3) is 22.3 Å². The van der Waals surface area contributed by atoms with Gasteiger partial charge < -0.3 is 9.64 Å². The maximum atomic E-state index is 5.62. The number of morpholine rings is 1. The van der Waals surface area contributed by atoms with E-state index in [9.17, 15) is 0 Å². The molecule has 0 N–H and O–H groups in total. The van der Waals surface area contributed by atoms with Gasteiger partial charge in [0, 0.05) is 31.5 Å². The van der Waals surface area contributed by atoms with E-state index in [1.165, 1.54) is 11.1 Å². The van der Waals surface area contributed by atoms with Crippen molar-refractivity contribution in [2.45, 2.75) is 12.8 Å². The molecule has 3 heterocycles. The Kier molecular flexibility index (Phi) is 6.33. The third-order valence-corrected chi connectivity index (χ3v) is 6.52. The first kappa shape index (κ1) is 22.3. The smallest absolute Gasteiger partial charge is 0.162 e. The lowest BCUT2D eigenvalue weighted by Gasteiger charge is -2.29. The molecule has 0 unspecified atom stereocenters. The predicted molar refractivity (Wildman–Crippen MR) is 142 cm³/mol. The van der Waals surface area contributed by atoms with Gasteiger partial charge in [0.15, 0.2) is 11.6 Å². The van der Waals surface area contributed by atoms with Gasteiger partial charge in [0.05, 0.1) is 30.0 Å². The van der Waals surface area contributed by atoms with Crippen molar-refractivity contribution in [2.24, 2.45) is 0 Å². The molecule has 5 aromatic rings. The standard InChI is InChI=1S/C30H27N5O/c1-4-10-22(11-5-1)20-25-27-28(32-29(31-25)24-14-8-3-9-15-24)26(21-23-12-6-2-7-13-23)33-34-30(27)35-16-18-36-19-17-35/h1-15H,16-21H2. The maximum Gasteiger partial charge on any atom is 0.162 e. The summed E-state index contributed by atoms with van der Waals surface area (Å²) in [5.74, 6) is 1.56. The van der Waals surface area contributed by atoms with Crippen LogP contribution >= 0.6 is 0 Å². The SMILES string of the molecule is c1ccc(Cc2nnc(N3CCOCC3)c3c(Cc4ccccc4)nc(-c4ccccc4)nc23)cc1. The molecule has 0 aliphatic carbocycles. The molecule has 0 spiro atoms. The molecule has 0 atom stereocenters. The van der Waals surface area contributed by atoms with Gasteiger partial charge in [-0.1, -0.05) is 91.0 Å². The van der Waals surface area contributed by atoms with Gasteiger partial charge in [0.25, 0.3) is 0 Å². The molecule has 1 fully saturated rings. The fraction of sp³-hybridized carbons (Fsp3) is 0.200. The molecular weight excluding hydrogens is 446 g/mol. The molecule has 3 aromatic carbocycles. The summed E-state index contributed by atoms with van der Waals surface area (Å²) in [6.07, 6.45) is 1.34. The second-order valence-electron chi connectivity index (χ2n) is 8.98. The molecule has 1 aliphatic heterocycles. The van der Waals surface area contributed by atoms with E-state index in [-0.39, 0.29) is 0 Å². The van der Waals surface area contributed by atoms with Gasteiger partial charge in [-0.25, -0.2) is 9.97 Å². The highest BCUT2D eigenvalue weighted by atomic mass is 16.5. The summed E-state index contributed by atoms with van der Waals surface area (Å²) >= 11 is 0. The predicted octanol–water partition coefficient (Wildman–Crippen LogP) is 5.11. The largest absolute Gasteiger partial charge is 0.378 e. The fourth-order valence-corrected chi connectivity index (χ4v) is 4.69. The van der Waals surface area contributed by atoms with Crippen molar-refractivity contribution in [2.75, 3.05) is 31.2 Å². The van der Waals surface area contributed by atoms with E-state index in [4.69, 9.17) is 24.9 Å². The van der Waals surface area contributed by atoms with Gasteiger partial charge in [0.1, 0.15) is 5.52 Å². The minimum absolute atomic E-state index is 0.656. The number of fused-ring (bicyclic) bond motifs is 1. The number of hydrogen-bond donors (Lipinski definition) is 0. The van der Waals surface area contributed by atoms with Crippen molar-refractivity contribution >= 4 is 16.7 Å². The minimum Gasteiger partial charge on any atom is -0.378 e. The van der Waals surface area contributed by atoms with Gasteiger partial charge in [-0.3, -0.25) is 0 Å². The average Bonchev–Trinajstić information content (AvgIpc) is 2.95. The number of hydrogen-bond acceptors (Lipinski definition) is 6. The van der Waals surface area contributed by atoms with Gasteiger partial charge in [0.2, 0.25) is 0 Å². The molecule has 6 rings (SSSR count). The van der Waals surface area contributed by atoms with Gasteiger partial charge >= 0.3 is 0 Å². The minimum atomic E-state index is 0.656. The first-order valence-corrected chi connectivity index (χ1v) is 12.4. The lowest BCUT2D eigenvalue weighted by Crippen LogP contribution is -2.37. The molecule has 178 valence electrons. The molecule has 0 radical (unpaired) electrons. The van der Waals surface area contributed by atoms with E-state index in [1.54, 1.807) is 0 Å². The molecule has 1 aliphatic rings. The summed E-state index contributed by atoms with van der Waals surface area (Å²) in [5, 5.41) is 10.5. The molecule has 36 heavy (non-hydrogen) atoms. The summed E-state index contributed by atoms with van der Waals surface area (Å²) in [7, 11) is 0. The second-order valence-corrected chi connectivity index (χ2v) is 8.98. The van der Waals surface area contributed by atoms with Crippen LogP contribution in [0.1, 0.15) is 22.5 Å². The normalized spacial score (nSPS) is 13.7. The Labute approximate surface area is 210 Å². The van der Waals surface area contributed by atoms with E-state index < -0.39 is 0 Å². The van der Waals surface area contributed by atoms with Crippen LogP contribution in [0, 0.1) is 0 Å². The number of benzene rings is 3. The molecule has 1 saturated heterocycles. The Morgan fingerprint density at radius 3 is 1.86 bits per heavy atom. The molecular formula is C30H27N5O. The highest BCUT2D eigenvalue weighted by Crippen LogP contribution is 2.32. The van der Waals surface area contributed by atoms with Crippen LogP contribution < -0.4 is 4.90 Å². The highest BCUT2D eigenvalue weighted by Gasteiger charge is 2.23. The zero-order valence-electron chi connectivity index (χ0n) is 20.0. The van der Waals surface area contributed by atoms with Crippen molar-refractivity contribution in [3.8, 4) is 11.4 Å². The van der Waals surface area contributed by atoms with Crippen molar-refractivity contribution < 1.29 is 4.74 Å². The van der Waals surface area contributed by atoms with Crippen molar-refractivity contribution in [1.82, 2.24) is 20.2 Å². The van der Waals surface area contributed by atoms with Crippen LogP contribution in [0.15, 0.2) is 91.0 Å². The first-order valence-electron chi connectivity index (χ1n) is 12.4. The van der Waals surface area contributed by atoms with Crippen LogP contribution in [0.4, 0.5) is 5.82 Å². The fourth-order valence-electron chi connectivity index (χ4n) is 4.69. The van der Waals surface area contributed by atoms with Crippen LogP contribution in [-0.2, 0) is 17.6 Å². The van der Waals surface area contributed by atoms with E-state index >= 15 is 0 Å². The quantitative estimate of drug-likeness (QED) is 0.342. The van der Waals surface area contributed by atoms with Crippen LogP contribution in [-0.4, -0.2) is 46.5 Å². The number of rotatable bonds is 6. The molecule has 0 bridgehead atoms. The summed E-state index contributed by atoms with van der Waals surface area (Å²) in [6, 6.07) is 31.0. The average molecular weight is 474 g/mol. The number of nitrogens with zero attached hydrogens (tertiary/aromatic N) is 5. The zero-order chi connectivity index (χ0) is 24.2. The van der Waals surface area contributed by atoms with Gasteiger partial charge in [-0.2, -0.15) is 5.10 Å². The Bertz CT molecular complexity index is 1450. The lowest BCUT2D eigenvalue weighted by molar-refractivity contribution is 0.122. The third kappa shape index (κ3) is 4.68. The molecule has 0 saturated carbocycles. The maximum absolute atomic E-state index is 5.62. The van der Waals surface area contributed by atoms with Crippen molar-refractivity contribution in [1.29, 1.82) is 0 Å². The second kappa shape index (κ2) is 10.2. The van der Waals surface area contributed by atoms with Crippen molar-refractivity contribution in [3.63, 3.8) is 0 Å². The Morgan fingerprint density at radius 2 is 1.22 bits per heavy atom. The Hall–Kier alpha value is -4.16. The van der Waals surface area contributed by atoms with E-state index in [0.29, 0.717) is 31.9 Å². The number of anilines is 1. The topological polar surface area (TPSA) is 64.0 Å². The van der Waals surface area contributed by atoms with Crippen LogP contribution in [0.2, 0.25) is 0 Å². The monoisotopic (exact) mass is 473 g/mol. The molecule has 2 aromatic heterocycles. The van der Waals surface area contributed by atoms with Crippen molar-refractivity contribution in [3.05, 3.63) is 114 Å². The lowest BCUT2D eigenvalue weighted by atomic mass is 10.0.